The minimum atomic E-state index is -0.0787. The van der Waals surface area contributed by atoms with Crippen LogP contribution in [0.1, 0.15) is 13.8 Å². The van der Waals surface area contributed by atoms with Gasteiger partial charge in [0.2, 0.25) is 0 Å². The van der Waals surface area contributed by atoms with Gasteiger partial charge in [0.05, 0.1) is 9.52 Å². The van der Waals surface area contributed by atoms with E-state index in [1.807, 2.05) is 30.3 Å². The van der Waals surface area contributed by atoms with E-state index < -0.39 is 0 Å². The molecule has 0 nitrogen and oxygen atoms in total. The van der Waals surface area contributed by atoms with Crippen molar-refractivity contribution >= 4 is 14.7 Å². The Morgan fingerprint density at radius 2 is 1.67 bits per heavy atom. The summed E-state index contributed by atoms with van der Waals surface area (Å²) in [6.45, 7) is 4.33. The molecule has 0 bridgehead atoms. The van der Waals surface area contributed by atoms with E-state index in [1.165, 1.54) is 5.57 Å². The molecule has 0 aromatic heterocycles. The first kappa shape index (κ1) is 23.2. The van der Waals surface area contributed by atoms with Crippen LogP contribution in [0.5, 0.6) is 0 Å². The SMILES string of the molecule is CC(C)=C[SiH2]c1ccc[cH-]1.[Cl-].[Cl-].[Hf+4].c1cc[cH-]c1. The van der Waals surface area contributed by atoms with Crippen LogP contribution in [0.3, 0.4) is 0 Å². The first-order valence-corrected chi connectivity index (χ1v) is 6.82. The number of hydrogen-bond acceptors (Lipinski definition) is 0. The Morgan fingerprint density at radius 1 is 1.06 bits per heavy atom. The number of rotatable bonds is 2. The van der Waals surface area contributed by atoms with Gasteiger partial charge in [-0.25, -0.2) is 24.3 Å². The molecular formula is C14H18Cl2HfSi. The van der Waals surface area contributed by atoms with Crippen LogP contribution in [-0.2, 0) is 25.8 Å². The Hall–Kier alpha value is 0.107. The Labute approximate surface area is 144 Å². The van der Waals surface area contributed by atoms with Crippen LogP contribution in [0.4, 0.5) is 0 Å². The van der Waals surface area contributed by atoms with Crippen molar-refractivity contribution in [2.75, 3.05) is 0 Å². The molecule has 0 aliphatic carbocycles. The van der Waals surface area contributed by atoms with E-state index in [9.17, 15) is 0 Å². The molecule has 0 heterocycles. The molecule has 0 atom stereocenters. The van der Waals surface area contributed by atoms with Crippen LogP contribution in [0, 0.1) is 0 Å². The predicted octanol–water partition coefficient (Wildman–Crippen LogP) is -3.47. The summed E-state index contributed by atoms with van der Waals surface area (Å²) in [5.74, 6) is 0. The Balaban J connectivity index is -0.000000245. The van der Waals surface area contributed by atoms with Crippen LogP contribution in [0.2, 0.25) is 0 Å². The summed E-state index contributed by atoms with van der Waals surface area (Å²) in [6.07, 6.45) is 0. The summed E-state index contributed by atoms with van der Waals surface area (Å²) >= 11 is 0. The minimum absolute atomic E-state index is 0. The van der Waals surface area contributed by atoms with Crippen molar-refractivity contribution in [3.63, 3.8) is 0 Å². The Morgan fingerprint density at radius 3 is 2.00 bits per heavy atom. The molecule has 2 rings (SSSR count). The van der Waals surface area contributed by atoms with Crippen molar-refractivity contribution in [2.24, 2.45) is 0 Å². The summed E-state index contributed by atoms with van der Waals surface area (Å²) in [7, 11) is -0.0787. The van der Waals surface area contributed by atoms with Crippen molar-refractivity contribution in [3.05, 3.63) is 65.9 Å². The van der Waals surface area contributed by atoms with E-state index in [-0.39, 0.29) is 60.2 Å². The van der Waals surface area contributed by atoms with E-state index in [1.54, 1.807) is 5.19 Å². The molecule has 0 saturated carbocycles. The second-order valence-corrected chi connectivity index (χ2v) is 5.37. The van der Waals surface area contributed by atoms with Crippen LogP contribution >= 0.6 is 0 Å². The molecule has 0 amide bonds. The van der Waals surface area contributed by atoms with Gasteiger partial charge in [-0.15, -0.1) is 0 Å². The zero-order valence-electron chi connectivity index (χ0n) is 10.7. The van der Waals surface area contributed by atoms with E-state index in [0.717, 1.165) is 0 Å². The summed E-state index contributed by atoms with van der Waals surface area (Å²) in [5, 5.41) is 1.54. The van der Waals surface area contributed by atoms with Gasteiger partial charge in [0.25, 0.3) is 0 Å². The van der Waals surface area contributed by atoms with Gasteiger partial charge in [-0.3, -0.25) is 0 Å². The minimum Gasteiger partial charge on any atom is -1.00 e. The fourth-order valence-corrected chi connectivity index (χ4v) is 2.38. The predicted molar refractivity (Wildman–Crippen MR) is 71.7 cm³/mol. The van der Waals surface area contributed by atoms with Crippen molar-refractivity contribution in [2.45, 2.75) is 13.8 Å². The molecular weight excluding hydrogens is 446 g/mol. The Bertz CT molecular complexity index is 345. The summed E-state index contributed by atoms with van der Waals surface area (Å²) < 4.78 is 0. The summed E-state index contributed by atoms with van der Waals surface area (Å²) in [5.41, 5.74) is 3.84. The normalized spacial score (nSPS) is 8.11. The summed E-state index contributed by atoms with van der Waals surface area (Å²) in [4.78, 5) is 0. The van der Waals surface area contributed by atoms with Gasteiger partial charge in [-0.2, -0.15) is 35.5 Å². The monoisotopic (exact) mass is 464 g/mol. The average Bonchev–Trinajstić information content (AvgIpc) is 2.91. The molecule has 0 N–H and O–H groups in total. The molecule has 0 saturated heterocycles. The molecule has 0 unspecified atom stereocenters. The van der Waals surface area contributed by atoms with Gasteiger partial charge in [0, 0.05) is 0 Å². The van der Waals surface area contributed by atoms with Crippen molar-refractivity contribution in [1.82, 2.24) is 0 Å². The standard InChI is InChI=1S/C9H13Si.C5H5.2ClH.Hf/c1-8(2)7-10-9-5-3-4-6-9;1-2-4-5-3-1;;;/h3-7H,10H2,1-2H3;1-5H;2*1H;/q2*-1;;;+4/p-2. The zero-order valence-corrected chi connectivity index (χ0v) is 17.3. The maximum Gasteiger partial charge on any atom is 4.00 e. The van der Waals surface area contributed by atoms with Gasteiger partial charge in [0.1, 0.15) is 0 Å². The topological polar surface area (TPSA) is 0 Å². The third kappa shape index (κ3) is 12.6. The first-order chi connectivity index (χ1) is 7.29. The fourth-order valence-electron chi connectivity index (χ4n) is 1.19. The van der Waals surface area contributed by atoms with Crippen LogP contribution in [0.15, 0.2) is 65.9 Å². The largest absolute Gasteiger partial charge is 4.00 e. The van der Waals surface area contributed by atoms with Gasteiger partial charge in [0.15, 0.2) is 0 Å². The van der Waals surface area contributed by atoms with E-state index in [4.69, 9.17) is 0 Å². The maximum absolute atomic E-state index is 2.38. The van der Waals surface area contributed by atoms with Gasteiger partial charge in [-0.05, 0) is 13.8 Å². The van der Waals surface area contributed by atoms with Gasteiger partial charge >= 0.3 is 25.8 Å². The number of halogens is 2. The number of allylic oxidation sites excluding steroid dienone is 1. The molecule has 0 spiro atoms. The molecule has 2 aromatic rings. The maximum atomic E-state index is 2.38. The van der Waals surface area contributed by atoms with Crippen molar-refractivity contribution in [1.29, 1.82) is 0 Å². The summed E-state index contributed by atoms with van der Waals surface area (Å²) in [6, 6.07) is 18.7. The van der Waals surface area contributed by atoms with E-state index in [2.05, 4.69) is 43.8 Å². The van der Waals surface area contributed by atoms with Crippen LogP contribution in [-0.4, -0.2) is 9.52 Å². The number of hydrogen-bond donors (Lipinski definition) is 0. The van der Waals surface area contributed by atoms with Gasteiger partial charge < -0.3 is 24.8 Å². The van der Waals surface area contributed by atoms with Crippen molar-refractivity contribution in [3.8, 4) is 0 Å². The molecule has 0 aliphatic heterocycles. The first-order valence-electron chi connectivity index (χ1n) is 5.29. The average molecular weight is 464 g/mol. The smallest absolute Gasteiger partial charge is 1.00 e. The molecule has 4 heteroatoms. The van der Waals surface area contributed by atoms with Gasteiger partial charge in [-0.1, -0.05) is 11.3 Å². The molecule has 2 aromatic carbocycles. The third-order valence-corrected chi connectivity index (χ3v) is 4.00. The molecule has 18 heavy (non-hydrogen) atoms. The quantitative estimate of drug-likeness (QED) is 0.321. The Kier molecular flexibility index (Phi) is 19.6. The third-order valence-electron chi connectivity index (χ3n) is 2.03. The molecule has 0 fully saturated rings. The van der Waals surface area contributed by atoms with Crippen molar-refractivity contribution < 1.29 is 50.7 Å². The second kappa shape index (κ2) is 15.2. The second-order valence-electron chi connectivity index (χ2n) is 3.74. The zero-order chi connectivity index (χ0) is 10.9. The fraction of sp³-hybridized carbons (Fsp3) is 0.143. The van der Waals surface area contributed by atoms with Crippen LogP contribution < -0.4 is 30.0 Å². The molecule has 0 aliphatic rings. The van der Waals surface area contributed by atoms with E-state index in [0.29, 0.717) is 0 Å². The van der Waals surface area contributed by atoms with Crippen LogP contribution in [0.25, 0.3) is 0 Å². The molecule has 0 radical (unpaired) electrons. The van der Waals surface area contributed by atoms with E-state index >= 15 is 0 Å². The molecule has 96 valence electrons.